The van der Waals surface area contributed by atoms with Gasteiger partial charge in [-0.1, -0.05) is 0 Å². The first-order valence-corrected chi connectivity index (χ1v) is 3.26. The number of aliphatic imine (C=N–C) groups is 1. The molecule has 0 heterocycles. The Balaban J connectivity index is 4.66. The van der Waals surface area contributed by atoms with Crippen molar-refractivity contribution < 1.29 is 4.58 Å². The maximum atomic E-state index is 5.22. The lowest BCUT2D eigenvalue weighted by atomic mass is 10.7. The maximum absolute atomic E-state index is 5.22. The Morgan fingerprint density at radius 1 is 1.27 bits per heavy atom. The monoisotopic (exact) mass is 158 g/mol. The van der Waals surface area contributed by atoms with Crippen LogP contribution >= 0.6 is 0 Å². The van der Waals surface area contributed by atoms with Crippen molar-refractivity contribution >= 4 is 11.9 Å². The summed E-state index contributed by atoms with van der Waals surface area (Å²) in [6.07, 6.45) is 0. The van der Waals surface area contributed by atoms with Crippen molar-refractivity contribution in [1.82, 2.24) is 4.90 Å². The van der Waals surface area contributed by atoms with Crippen LogP contribution in [0.4, 0.5) is 0 Å². The molecule has 64 valence electrons. The van der Waals surface area contributed by atoms with Crippen LogP contribution in [0.15, 0.2) is 4.99 Å². The second-order valence-electron chi connectivity index (χ2n) is 2.63. The summed E-state index contributed by atoms with van der Waals surface area (Å²) >= 11 is 0. The highest BCUT2D eigenvalue weighted by atomic mass is 15.3. The van der Waals surface area contributed by atoms with Crippen LogP contribution in [0.2, 0.25) is 0 Å². The van der Waals surface area contributed by atoms with Crippen LogP contribution in [0, 0.1) is 0 Å². The summed E-state index contributed by atoms with van der Waals surface area (Å²) in [5, 5.41) is 0. The molecule has 0 aromatic heterocycles. The van der Waals surface area contributed by atoms with Gasteiger partial charge in [0.05, 0.1) is 28.2 Å². The van der Waals surface area contributed by atoms with E-state index in [0.29, 0.717) is 0 Å². The molecule has 0 atom stereocenters. The van der Waals surface area contributed by atoms with Crippen molar-refractivity contribution in [3.8, 4) is 0 Å². The summed E-state index contributed by atoms with van der Waals surface area (Å²) < 4.78 is 1.83. The number of guanidine groups is 2. The number of nitrogens with two attached hydrogens (primary N) is 2. The predicted molar refractivity (Wildman–Crippen MR) is 46.6 cm³/mol. The van der Waals surface area contributed by atoms with Gasteiger partial charge in [0.2, 0.25) is 0 Å². The van der Waals surface area contributed by atoms with Crippen LogP contribution in [0.5, 0.6) is 0 Å². The Labute approximate surface area is 67.0 Å². The van der Waals surface area contributed by atoms with Gasteiger partial charge in [-0.25, -0.2) is 0 Å². The van der Waals surface area contributed by atoms with Gasteiger partial charge in [0.25, 0.3) is 5.96 Å². The molecule has 0 bridgehead atoms. The van der Waals surface area contributed by atoms with Crippen molar-refractivity contribution in [2.45, 2.75) is 0 Å². The Kier molecular flexibility index (Phi) is 3.36. The summed E-state index contributed by atoms with van der Waals surface area (Å²) in [6, 6.07) is 0. The molecule has 0 radical (unpaired) electrons. The molecule has 0 rings (SSSR count). The van der Waals surface area contributed by atoms with Crippen LogP contribution in [0.3, 0.4) is 0 Å². The second kappa shape index (κ2) is 3.80. The molecule has 0 fully saturated rings. The van der Waals surface area contributed by atoms with Gasteiger partial charge < -0.3 is 11.5 Å². The zero-order valence-corrected chi connectivity index (χ0v) is 7.50. The summed E-state index contributed by atoms with van der Waals surface area (Å²) in [7, 11) is 7.51. The predicted octanol–water partition coefficient (Wildman–Crippen LogP) is -1.55. The van der Waals surface area contributed by atoms with E-state index in [1.54, 1.807) is 0 Å². The third kappa shape index (κ3) is 3.44. The van der Waals surface area contributed by atoms with Crippen molar-refractivity contribution in [3.05, 3.63) is 0 Å². The molecule has 5 heteroatoms. The quantitative estimate of drug-likeness (QED) is 0.255. The lowest BCUT2D eigenvalue weighted by Crippen LogP contribution is -2.33. The first kappa shape index (κ1) is 9.74. The highest BCUT2D eigenvalue weighted by Crippen LogP contribution is 1.82. The van der Waals surface area contributed by atoms with Crippen LogP contribution in [0.25, 0.3) is 0 Å². The van der Waals surface area contributed by atoms with E-state index < -0.39 is 0 Å². The summed E-state index contributed by atoms with van der Waals surface area (Å²) in [4.78, 5) is 5.75. The highest BCUT2D eigenvalue weighted by molar-refractivity contribution is 5.90. The van der Waals surface area contributed by atoms with Crippen molar-refractivity contribution in [3.63, 3.8) is 0 Å². The van der Waals surface area contributed by atoms with Crippen LogP contribution in [-0.2, 0) is 0 Å². The molecule has 4 N–H and O–H groups in total. The number of hydrogen-bond acceptors (Lipinski definition) is 0. The fourth-order valence-electron chi connectivity index (χ4n) is 0.715. The summed E-state index contributed by atoms with van der Waals surface area (Å²) in [5.41, 5.74) is 10.4. The van der Waals surface area contributed by atoms with Crippen molar-refractivity contribution in [1.29, 1.82) is 0 Å². The fraction of sp³-hybridized carbons (Fsp3) is 0.667. The van der Waals surface area contributed by atoms with Gasteiger partial charge in [-0.2, -0.15) is 0 Å². The number of rotatable bonds is 0. The lowest BCUT2D eigenvalue weighted by Gasteiger charge is -2.05. The molecule has 11 heavy (non-hydrogen) atoms. The standard InChI is InChI=1S/C6H15N5/c1-10(2)6(11(3)4)9-5(7)8/h1-4H3,(H3,7,8)/p+1. The Morgan fingerprint density at radius 2 is 1.73 bits per heavy atom. The van der Waals surface area contributed by atoms with Crippen LogP contribution in [0.1, 0.15) is 0 Å². The largest absolute Gasteiger partial charge is 0.392 e. The van der Waals surface area contributed by atoms with E-state index in [1.165, 1.54) is 0 Å². The van der Waals surface area contributed by atoms with E-state index in [-0.39, 0.29) is 5.96 Å². The topological polar surface area (TPSA) is 70.7 Å². The molecule has 5 nitrogen and oxygen atoms in total. The molecule has 0 aliphatic rings. The van der Waals surface area contributed by atoms with Gasteiger partial charge in [-0.15, -0.1) is 0 Å². The van der Waals surface area contributed by atoms with Crippen molar-refractivity contribution in [2.24, 2.45) is 16.5 Å². The molecule has 0 saturated heterocycles. The summed E-state index contributed by atoms with van der Waals surface area (Å²) in [5.74, 6) is 0.799. The maximum Gasteiger partial charge on any atom is 0.392 e. The van der Waals surface area contributed by atoms with Crippen molar-refractivity contribution in [2.75, 3.05) is 28.2 Å². The highest BCUT2D eigenvalue weighted by Gasteiger charge is 2.10. The molecular weight excluding hydrogens is 142 g/mol. The minimum absolute atomic E-state index is 0.0717. The van der Waals surface area contributed by atoms with E-state index in [0.717, 1.165) is 5.96 Å². The number of nitrogens with zero attached hydrogens (tertiary/aromatic N) is 3. The van der Waals surface area contributed by atoms with Crippen LogP contribution < -0.4 is 11.5 Å². The molecule has 0 saturated carbocycles. The van der Waals surface area contributed by atoms with E-state index >= 15 is 0 Å². The summed E-state index contributed by atoms with van der Waals surface area (Å²) in [6.45, 7) is 0. The Bertz CT molecular complexity index is 183. The first-order chi connectivity index (χ1) is 4.95. The Hall–Kier alpha value is -1.26. The zero-order chi connectivity index (χ0) is 9.02. The third-order valence-electron chi connectivity index (χ3n) is 1.03. The average Bonchev–Trinajstić information content (AvgIpc) is 1.81. The minimum atomic E-state index is 0.0717. The van der Waals surface area contributed by atoms with E-state index in [4.69, 9.17) is 11.5 Å². The normalized spacial score (nSPS) is 8.73. The van der Waals surface area contributed by atoms with Gasteiger partial charge in [0.15, 0.2) is 0 Å². The fourth-order valence-corrected chi connectivity index (χ4v) is 0.715. The molecule has 0 spiro atoms. The molecular formula is C6H16N5+. The average molecular weight is 158 g/mol. The molecule has 0 aromatic carbocycles. The molecule has 0 aliphatic carbocycles. The van der Waals surface area contributed by atoms with Gasteiger partial charge in [0.1, 0.15) is 0 Å². The third-order valence-corrected chi connectivity index (χ3v) is 1.03. The van der Waals surface area contributed by atoms with Gasteiger partial charge in [-0.3, -0.25) is 9.48 Å². The first-order valence-electron chi connectivity index (χ1n) is 3.26. The van der Waals surface area contributed by atoms with Gasteiger partial charge >= 0.3 is 5.96 Å². The zero-order valence-electron chi connectivity index (χ0n) is 7.50. The minimum Gasteiger partial charge on any atom is -0.356 e. The molecule has 0 unspecified atom stereocenters. The van der Waals surface area contributed by atoms with E-state index in [1.807, 2.05) is 37.7 Å². The van der Waals surface area contributed by atoms with E-state index in [9.17, 15) is 0 Å². The van der Waals surface area contributed by atoms with E-state index in [2.05, 4.69) is 4.99 Å². The molecule has 0 amide bonds. The number of hydrogen-bond donors (Lipinski definition) is 2. The SMILES string of the molecule is CN(C)C(N=C(N)N)=[N+](C)C. The van der Waals surface area contributed by atoms with Gasteiger partial charge in [-0.05, 0) is 4.99 Å². The lowest BCUT2D eigenvalue weighted by molar-refractivity contribution is -0.470. The molecule has 0 aromatic rings. The smallest absolute Gasteiger partial charge is 0.356 e. The van der Waals surface area contributed by atoms with Gasteiger partial charge in [0, 0.05) is 0 Å². The van der Waals surface area contributed by atoms with Crippen LogP contribution in [-0.4, -0.2) is 49.6 Å². The molecule has 0 aliphatic heterocycles. The Morgan fingerprint density at radius 3 is 1.82 bits per heavy atom. The second-order valence-corrected chi connectivity index (χ2v) is 2.63.